The van der Waals surface area contributed by atoms with Gasteiger partial charge in [-0.25, -0.2) is 0 Å². The maximum atomic E-state index is 5.99. The minimum absolute atomic E-state index is 0.157. The molecule has 6 nitrogen and oxygen atoms in total. The lowest BCUT2D eigenvalue weighted by molar-refractivity contribution is -0.0264. The summed E-state index contributed by atoms with van der Waals surface area (Å²) in [4.78, 5) is 6.55. The number of aromatic nitrogens is 2. The highest BCUT2D eigenvalue weighted by Crippen LogP contribution is 2.27. The number of likely N-dealkylation sites (N-methyl/N-ethyl adjacent to an activating group) is 1. The van der Waals surface area contributed by atoms with Gasteiger partial charge in [-0.1, -0.05) is 16.8 Å². The van der Waals surface area contributed by atoms with Gasteiger partial charge < -0.3 is 19.9 Å². The number of benzene rings is 1. The first-order valence-corrected chi connectivity index (χ1v) is 6.70. The highest BCUT2D eigenvalue weighted by Gasteiger charge is 2.24. The molecule has 0 radical (unpaired) electrons. The molecule has 1 aromatic heterocycles. The minimum atomic E-state index is -0.157. The van der Waals surface area contributed by atoms with E-state index in [1.54, 1.807) is 18.2 Å². The standard InChI is InChI=1S/C13H15ClN4O2/c1-18-4-5-19-11(7-18)12-16-13(20-17-12)8-2-3-10(15)9(14)6-8/h2-3,6,11H,4-5,7,15H2,1H3. The predicted molar refractivity (Wildman–Crippen MR) is 75.3 cm³/mol. The Morgan fingerprint density at radius 3 is 3.05 bits per heavy atom. The third kappa shape index (κ3) is 2.63. The monoisotopic (exact) mass is 294 g/mol. The molecule has 1 unspecified atom stereocenters. The van der Waals surface area contributed by atoms with Crippen molar-refractivity contribution in [3.8, 4) is 11.5 Å². The molecule has 1 atom stereocenters. The summed E-state index contributed by atoms with van der Waals surface area (Å²) in [5, 5.41) is 4.46. The largest absolute Gasteiger partial charge is 0.398 e. The number of nitrogen functional groups attached to an aromatic ring is 1. The van der Waals surface area contributed by atoms with Gasteiger partial charge in [-0.15, -0.1) is 0 Å². The quantitative estimate of drug-likeness (QED) is 0.853. The van der Waals surface area contributed by atoms with Gasteiger partial charge in [-0.3, -0.25) is 0 Å². The third-order valence-corrected chi connectivity index (χ3v) is 3.57. The van der Waals surface area contributed by atoms with Gasteiger partial charge in [-0.2, -0.15) is 4.98 Å². The van der Waals surface area contributed by atoms with Crippen LogP contribution in [0.2, 0.25) is 5.02 Å². The van der Waals surface area contributed by atoms with E-state index in [-0.39, 0.29) is 6.10 Å². The number of nitrogens with zero attached hydrogens (tertiary/aromatic N) is 3. The van der Waals surface area contributed by atoms with Gasteiger partial charge in [0.1, 0.15) is 6.10 Å². The van der Waals surface area contributed by atoms with Crippen molar-refractivity contribution in [3.63, 3.8) is 0 Å². The first-order chi connectivity index (χ1) is 9.63. The summed E-state index contributed by atoms with van der Waals surface area (Å²) in [5.74, 6) is 0.971. The van der Waals surface area contributed by atoms with Crippen LogP contribution in [0.3, 0.4) is 0 Å². The van der Waals surface area contributed by atoms with Crippen molar-refractivity contribution in [2.45, 2.75) is 6.10 Å². The van der Waals surface area contributed by atoms with Crippen LogP contribution in [-0.4, -0.2) is 41.8 Å². The molecule has 20 heavy (non-hydrogen) atoms. The molecule has 2 aromatic rings. The molecule has 0 aliphatic carbocycles. The highest BCUT2D eigenvalue weighted by atomic mass is 35.5. The lowest BCUT2D eigenvalue weighted by Crippen LogP contribution is -2.35. The van der Waals surface area contributed by atoms with Crippen LogP contribution in [0.4, 0.5) is 5.69 Å². The molecule has 1 saturated heterocycles. The first kappa shape index (κ1) is 13.4. The highest BCUT2D eigenvalue weighted by molar-refractivity contribution is 6.33. The van der Waals surface area contributed by atoms with Crippen LogP contribution in [0, 0.1) is 0 Å². The SMILES string of the molecule is CN1CCOC(c2noc(-c3ccc(N)c(Cl)c3)n2)C1. The van der Waals surface area contributed by atoms with Gasteiger partial charge in [0.15, 0.2) is 0 Å². The molecule has 7 heteroatoms. The van der Waals surface area contributed by atoms with Crippen molar-refractivity contribution < 1.29 is 9.26 Å². The molecule has 0 saturated carbocycles. The Labute approximate surface area is 121 Å². The second-order valence-corrected chi connectivity index (χ2v) is 5.22. The van der Waals surface area contributed by atoms with Crippen LogP contribution in [0.15, 0.2) is 22.7 Å². The molecule has 0 bridgehead atoms. The number of ether oxygens (including phenoxy) is 1. The summed E-state index contributed by atoms with van der Waals surface area (Å²) in [6.45, 7) is 2.33. The maximum absolute atomic E-state index is 5.99. The Hall–Kier alpha value is -1.63. The van der Waals surface area contributed by atoms with Crippen LogP contribution in [0.25, 0.3) is 11.5 Å². The smallest absolute Gasteiger partial charge is 0.258 e. The molecule has 0 amide bonds. The van der Waals surface area contributed by atoms with Gasteiger partial charge in [-0.05, 0) is 25.2 Å². The van der Waals surface area contributed by atoms with E-state index in [9.17, 15) is 0 Å². The van der Waals surface area contributed by atoms with E-state index in [1.165, 1.54) is 0 Å². The lowest BCUT2D eigenvalue weighted by Gasteiger charge is -2.27. The number of hydrogen-bond donors (Lipinski definition) is 1. The molecule has 106 valence electrons. The van der Waals surface area contributed by atoms with Crippen LogP contribution >= 0.6 is 11.6 Å². The Kier molecular flexibility index (Phi) is 3.60. The van der Waals surface area contributed by atoms with E-state index in [1.807, 2.05) is 7.05 Å². The topological polar surface area (TPSA) is 77.4 Å². The Bertz CT molecular complexity index is 616. The molecule has 1 aliphatic rings. The zero-order valence-electron chi connectivity index (χ0n) is 11.0. The normalized spacial score (nSPS) is 20.2. The summed E-state index contributed by atoms with van der Waals surface area (Å²) in [6.07, 6.45) is -0.157. The summed E-state index contributed by atoms with van der Waals surface area (Å²) < 4.78 is 10.9. The molecule has 3 rings (SSSR count). The van der Waals surface area contributed by atoms with Crippen LogP contribution in [-0.2, 0) is 4.74 Å². The van der Waals surface area contributed by atoms with E-state index in [4.69, 9.17) is 26.6 Å². The van der Waals surface area contributed by atoms with Crippen molar-refractivity contribution in [2.24, 2.45) is 0 Å². The van der Waals surface area contributed by atoms with E-state index >= 15 is 0 Å². The van der Waals surface area contributed by atoms with Crippen molar-refractivity contribution in [2.75, 3.05) is 32.5 Å². The first-order valence-electron chi connectivity index (χ1n) is 6.32. The third-order valence-electron chi connectivity index (χ3n) is 3.25. The van der Waals surface area contributed by atoms with Crippen molar-refractivity contribution in [1.82, 2.24) is 15.0 Å². The molecule has 1 aromatic carbocycles. The van der Waals surface area contributed by atoms with Gasteiger partial charge in [0, 0.05) is 18.7 Å². The van der Waals surface area contributed by atoms with Crippen molar-refractivity contribution in [3.05, 3.63) is 29.0 Å². The number of anilines is 1. The molecule has 2 heterocycles. The minimum Gasteiger partial charge on any atom is -0.398 e. The van der Waals surface area contributed by atoms with Crippen LogP contribution in [0.1, 0.15) is 11.9 Å². The molecular weight excluding hydrogens is 280 g/mol. The summed E-state index contributed by atoms with van der Waals surface area (Å²) in [7, 11) is 2.04. The Balaban J connectivity index is 1.84. The van der Waals surface area contributed by atoms with Gasteiger partial charge in [0.2, 0.25) is 5.82 Å². The zero-order valence-corrected chi connectivity index (χ0v) is 11.8. The Morgan fingerprint density at radius 1 is 1.45 bits per heavy atom. The Morgan fingerprint density at radius 2 is 2.30 bits per heavy atom. The predicted octanol–water partition coefficient (Wildman–Crippen LogP) is 1.98. The van der Waals surface area contributed by atoms with Crippen molar-refractivity contribution in [1.29, 1.82) is 0 Å². The summed E-state index contributed by atoms with van der Waals surface area (Å²) in [5.41, 5.74) is 6.94. The summed E-state index contributed by atoms with van der Waals surface area (Å²) >= 11 is 5.99. The maximum Gasteiger partial charge on any atom is 0.258 e. The number of morpholine rings is 1. The number of rotatable bonds is 2. The molecule has 2 N–H and O–H groups in total. The lowest BCUT2D eigenvalue weighted by atomic mass is 10.2. The second kappa shape index (κ2) is 5.40. The van der Waals surface area contributed by atoms with E-state index in [0.717, 1.165) is 18.7 Å². The number of hydrogen-bond acceptors (Lipinski definition) is 6. The molecule has 0 spiro atoms. The molecule has 1 fully saturated rings. The molecule has 1 aliphatic heterocycles. The average molecular weight is 295 g/mol. The van der Waals surface area contributed by atoms with Crippen molar-refractivity contribution >= 4 is 17.3 Å². The van der Waals surface area contributed by atoms with Crippen LogP contribution in [0.5, 0.6) is 0 Å². The fraction of sp³-hybridized carbons (Fsp3) is 0.385. The summed E-state index contributed by atoms with van der Waals surface area (Å²) in [6, 6.07) is 5.22. The number of halogens is 1. The fourth-order valence-electron chi connectivity index (χ4n) is 2.08. The van der Waals surface area contributed by atoms with Crippen LogP contribution < -0.4 is 5.73 Å². The fourth-order valence-corrected chi connectivity index (χ4v) is 2.26. The van der Waals surface area contributed by atoms with E-state index in [0.29, 0.717) is 29.0 Å². The van der Waals surface area contributed by atoms with E-state index < -0.39 is 0 Å². The average Bonchev–Trinajstić information content (AvgIpc) is 2.92. The van der Waals surface area contributed by atoms with Gasteiger partial charge in [0.05, 0.1) is 17.3 Å². The van der Waals surface area contributed by atoms with E-state index in [2.05, 4.69) is 15.0 Å². The van der Waals surface area contributed by atoms with Gasteiger partial charge >= 0.3 is 0 Å². The number of nitrogens with two attached hydrogens (primary N) is 1. The van der Waals surface area contributed by atoms with Gasteiger partial charge in [0.25, 0.3) is 5.89 Å². The second-order valence-electron chi connectivity index (χ2n) is 4.82. The molecular formula is C13H15ClN4O2. The zero-order chi connectivity index (χ0) is 14.1.